The van der Waals surface area contributed by atoms with E-state index in [1.807, 2.05) is 25.1 Å². The maximum absolute atomic E-state index is 12.2. The normalized spacial score (nSPS) is 22.6. The third kappa shape index (κ3) is 4.34. The quantitative estimate of drug-likeness (QED) is 0.847. The Bertz CT molecular complexity index is 472. The molecule has 0 aliphatic heterocycles. The molecule has 1 aliphatic rings. The van der Waals surface area contributed by atoms with Gasteiger partial charge in [-0.2, -0.15) is 0 Å². The Morgan fingerprint density at radius 3 is 2.95 bits per heavy atom. The van der Waals surface area contributed by atoms with Crippen LogP contribution < -0.4 is 5.32 Å². The summed E-state index contributed by atoms with van der Waals surface area (Å²) in [5.74, 6) is 1.70. The zero-order chi connectivity index (χ0) is 14.5. The number of carbonyl (C=O) groups is 1. The van der Waals surface area contributed by atoms with Gasteiger partial charge in [0, 0.05) is 16.6 Å². The topological polar surface area (TPSA) is 29.1 Å². The van der Waals surface area contributed by atoms with Crippen molar-refractivity contribution in [2.45, 2.75) is 46.0 Å². The van der Waals surface area contributed by atoms with Crippen LogP contribution in [0.3, 0.4) is 0 Å². The molecule has 0 aromatic heterocycles. The van der Waals surface area contributed by atoms with Gasteiger partial charge in [0.05, 0.1) is 0 Å². The highest BCUT2D eigenvalue weighted by Crippen LogP contribution is 2.30. The number of carbonyl (C=O) groups excluding carboxylic acids is 1. The van der Waals surface area contributed by atoms with E-state index in [1.165, 1.54) is 25.7 Å². The van der Waals surface area contributed by atoms with Gasteiger partial charge in [0.1, 0.15) is 0 Å². The molecule has 1 amide bonds. The van der Waals surface area contributed by atoms with Crippen molar-refractivity contribution >= 4 is 21.8 Å². The standard InChI is InChI=1S/C17H24BrNO/c1-12-4-3-5-14(10-12)8-9-19-17(20)16-11-15(18)7-6-13(16)2/h6-7,11-12,14H,3-5,8-10H2,1-2H3,(H,19,20). The molecule has 0 saturated heterocycles. The first-order chi connectivity index (χ1) is 9.56. The molecular weight excluding hydrogens is 314 g/mol. The lowest BCUT2D eigenvalue weighted by atomic mass is 9.81. The van der Waals surface area contributed by atoms with Gasteiger partial charge in [0.15, 0.2) is 0 Å². The Hall–Kier alpha value is -0.830. The zero-order valence-corrected chi connectivity index (χ0v) is 14.0. The van der Waals surface area contributed by atoms with Crippen LogP contribution in [-0.4, -0.2) is 12.5 Å². The second-order valence-electron chi connectivity index (χ2n) is 6.14. The number of hydrogen-bond donors (Lipinski definition) is 1. The molecule has 2 unspecified atom stereocenters. The second kappa shape index (κ2) is 7.26. The molecule has 0 spiro atoms. The number of aryl methyl sites for hydroxylation is 1. The molecule has 0 bridgehead atoms. The summed E-state index contributed by atoms with van der Waals surface area (Å²) in [4.78, 5) is 12.2. The number of amides is 1. The third-order valence-corrected chi connectivity index (χ3v) is 4.82. The lowest BCUT2D eigenvalue weighted by Crippen LogP contribution is -2.27. The molecule has 2 atom stereocenters. The highest BCUT2D eigenvalue weighted by Gasteiger charge is 2.18. The van der Waals surface area contributed by atoms with E-state index in [9.17, 15) is 4.79 Å². The van der Waals surface area contributed by atoms with Crippen LogP contribution >= 0.6 is 15.9 Å². The highest BCUT2D eigenvalue weighted by molar-refractivity contribution is 9.10. The molecule has 3 heteroatoms. The molecule has 110 valence electrons. The van der Waals surface area contributed by atoms with Crippen molar-refractivity contribution in [2.75, 3.05) is 6.54 Å². The number of hydrogen-bond acceptors (Lipinski definition) is 1. The first kappa shape index (κ1) is 15.6. The van der Waals surface area contributed by atoms with Crippen molar-refractivity contribution in [3.63, 3.8) is 0 Å². The van der Waals surface area contributed by atoms with Crippen molar-refractivity contribution in [3.05, 3.63) is 33.8 Å². The Balaban J connectivity index is 1.81. The molecule has 0 heterocycles. The number of benzene rings is 1. The fraction of sp³-hybridized carbons (Fsp3) is 0.588. The smallest absolute Gasteiger partial charge is 0.251 e. The third-order valence-electron chi connectivity index (χ3n) is 4.33. The average Bonchev–Trinajstić information content (AvgIpc) is 2.41. The molecule has 1 saturated carbocycles. The van der Waals surface area contributed by atoms with Crippen molar-refractivity contribution in [3.8, 4) is 0 Å². The monoisotopic (exact) mass is 337 g/mol. The largest absolute Gasteiger partial charge is 0.352 e. The molecule has 1 aliphatic carbocycles. The van der Waals surface area contributed by atoms with Crippen LogP contribution in [-0.2, 0) is 0 Å². The summed E-state index contributed by atoms with van der Waals surface area (Å²) < 4.78 is 0.953. The number of rotatable bonds is 4. The van der Waals surface area contributed by atoms with Crippen LogP contribution in [0, 0.1) is 18.8 Å². The SMILES string of the molecule is Cc1ccc(Br)cc1C(=O)NCCC1CCCC(C)C1. The minimum atomic E-state index is 0.0488. The number of nitrogens with one attached hydrogen (secondary N) is 1. The minimum Gasteiger partial charge on any atom is -0.352 e. The molecule has 1 N–H and O–H groups in total. The Morgan fingerprint density at radius 2 is 2.20 bits per heavy atom. The maximum atomic E-state index is 12.2. The van der Waals surface area contributed by atoms with E-state index in [-0.39, 0.29) is 5.91 Å². The van der Waals surface area contributed by atoms with Crippen molar-refractivity contribution in [2.24, 2.45) is 11.8 Å². The second-order valence-corrected chi connectivity index (χ2v) is 7.06. The van der Waals surface area contributed by atoms with E-state index < -0.39 is 0 Å². The minimum absolute atomic E-state index is 0.0488. The van der Waals surface area contributed by atoms with Crippen molar-refractivity contribution in [1.29, 1.82) is 0 Å². The summed E-state index contributed by atoms with van der Waals surface area (Å²) in [6, 6.07) is 5.84. The first-order valence-electron chi connectivity index (χ1n) is 7.60. The summed E-state index contributed by atoms with van der Waals surface area (Å²) in [5, 5.41) is 3.07. The van der Waals surface area contributed by atoms with Crippen LogP contribution in [0.15, 0.2) is 22.7 Å². The van der Waals surface area contributed by atoms with Gasteiger partial charge >= 0.3 is 0 Å². The molecule has 2 rings (SSSR count). The van der Waals surface area contributed by atoms with Crippen LogP contribution in [0.1, 0.15) is 54.9 Å². The predicted octanol–water partition coefficient (Wildman–Crippen LogP) is 4.70. The van der Waals surface area contributed by atoms with Crippen LogP contribution in [0.4, 0.5) is 0 Å². The van der Waals surface area contributed by atoms with Crippen LogP contribution in [0.5, 0.6) is 0 Å². The lowest BCUT2D eigenvalue weighted by Gasteiger charge is -2.26. The fourth-order valence-corrected chi connectivity index (χ4v) is 3.51. The molecule has 20 heavy (non-hydrogen) atoms. The average molecular weight is 338 g/mol. The predicted molar refractivity (Wildman–Crippen MR) is 87.0 cm³/mol. The summed E-state index contributed by atoms with van der Waals surface area (Å²) in [7, 11) is 0. The van der Waals surface area contributed by atoms with Crippen molar-refractivity contribution < 1.29 is 4.79 Å². The molecule has 1 fully saturated rings. The van der Waals surface area contributed by atoms with Gasteiger partial charge in [-0.25, -0.2) is 0 Å². The summed E-state index contributed by atoms with van der Waals surface area (Å²) in [6.07, 6.45) is 6.50. The molecular formula is C17H24BrNO. The van der Waals surface area contributed by atoms with Gasteiger partial charge in [-0.3, -0.25) is 4.79 Å². The zero-order valence-electron chi connectivity index (χ0n) is 12.4. The molecule has 1 aromatic carbocycles. The Kier molecular flexibility index (Phi) is 5.64. The van der Waals surface area contributed by atoms with E-state index in [0.717, 1.165) is 40.4 Å². The molecule has 0 radical (unpaired) electrons. The highest BCUT2D eigenvalue weighted by atomic mass is 79.9. The summed E-state index contributed by atoms with van der Waals surface area (Å²) >= 11 is 3.42. The van der Waals surface area contributed by atoms with E-state index in [1.54, 1.807) is 0 Å². The van der Waals surface area contributed by atoms with Gasteiger partial charge in [-0.15, -0.1) is 0 Å². The van der Waals surface area contributed by atoms with Crippen LogP contribution in [0.25, 0.3) is 0 Å². The molecule has 1 aromatic rings. The first-order valence-corrected chi connectivity index (χ1v) is 8.40. The van der Waals surface area contributed by atoms with E-state index in [4.69, 9.17) is 0 Å². The molecule has 2 nitrogen and oxygen atoms in total. The van der Waals surface area contributed by atoms with Gasteiger partial charge in [0.25, 0.3) is 5.91 Å². The van der Waals surface area contributed by atoms with Gasteiger partial charge < -0.3 is 5.32 Å². The van der Waals surface area contributed by atoms with Gasteiger partial charge in [0.2, 0.25) is 0 Å². The maximum Gasteiger partial charge on any atom is 0.251 e. The Morgan fingerprint density at radius 1 is 1.40 bits per heavy atom. The van der Waals surface area contributed by atoms with Gasteiger partial charge in [-0.05, 0) is 49.3 Å². The fourth-order valence-electron chi connectivity index (χ4n) is 3.15. The lowest BCUT2D eigenvalue weighted by molar-refractivity contribution is 0.0949. The van der Waals surface area contributed by atoms with Crippen molar-refractivity contribution in [1.82, 2.24) is 5.32 Å². The number of halogens is 1. The van der Waals surface area contributed by atoms with E-state index >= 15 is 0 Å². The summed E-state index contributed by atoms with van der Waals surface area (Å²) in [6.45, 7) is 5.11. The van der Waals surface area contributed by atoms with Gasteiger partial charge in [-0.1, -0.05) is 48.2 Å². The van der Waals surface area contributed by atoms with E-state index in [2.05, 4.69) is 28.2 Å². The van der Waals surface area contributed by atoms with E-state index in [0.29, 0.717) is 0 Å². The Labute approximate surface area is 130 Å². The van der Waals surface area contributed by atoms with Crippen LogP contribution in [0.2, 0.25) is 0 Å². The summed E-state index contributed by atoms with van der Waals surface area (Å²) in [5.41, 5.74) is 1.80.